The first-order valence-corrected chi connectivity index (χ1v) is 4.88. The number of carbonyl (C=O) groups is 1. The van der Waals surface area contributed by atoms with Gasteiger partial charge >= 0.3 is 0 Å². The van der Waals surface area contributed by atoms with Gasteiger partial charge in [-0.15, -0.1) is 0 Å². The van der Waals surface area contributed by atoms with Gasteiger partial charge in [0.05, 0.1) is 5.52 Å². The van der Waals surface area contributed by atoms with Crippen LogP contribution in [-0.4, -0.2) is 23.2 Å². The molecule has 0 unspecified atom stereocenters. The maximum atomic E-state index is 11.4. The van der Waals surface area contributed by atoms with Crippen LogP contribution in [0, 0.1) is 0 Å². The number of aromatic amines is 1. The van der Waals surface area contributed by atoms with E-state index >= 15 is 0 Å². The van der Waals surface area contributed by atoms with Crippen LogP contribution in [0.2, 0.25) is 0 Å². The number of hydrogen-bond acceptors (Lipinski definition) is 2. The van der Waals surface area contributed by atoms with Crippen LogP contribution in [0.15, 0.2) is 22.7 Å². The normalized spacial score (nSPS) is 10.4. The summed E-state index contributed by atoms with van der Waals surface area (Å²) in [6, 6.07) is 5.64. The van der Waals surface area contributed by atoms with Gasteiger partial charge in [-0.05, 0) is 12.1 Å². The fourth-order valence-electron chi connectivity index (χ4n) is 1.31. The largest absolute Gasteiger partial charge is 0.354 e. The zero-order valence-electron chi connectivity index (χ0n) is 7.47. The average molecular weight is 254 g/mol. The van der Waals surface area contributed by atoms with Crippen LogP contribution in [0.25, 0.3) is 10.9 Å². The maximum Gasteiger partial charge on any atom is 0.272 e. The van der Waals surface area contributed by atoms with E-state index in [9.17, 15) is 4.79 Å². The van der Waals surface area contributed by atoms with Crippen molar-refractivity contribution in [3.63, 3.8) is 0 Å². The molecule has 1 heterocycles. The second-order valence-electron chi connectivity index (χ2n) is 2.81. The van der Waals surface area contributed by atoms with Crippen LogP contribution in [0.1, 0.15) is 10.5 Å². The molecule has 0 aliphatic heterocycles. The van der Waals surface area contributed by atoms with Gasteiger partial charge in [0, 0.05) is 16.9 Å². The SMILES string of the molecule is CNC(=O)c1n[nH]c2cccc(Br)c12. The highest BCUT2D eigenvalue weighted by Gasteiger charge is 2.14. The molecule has 0 fully saturated rings. The highest BCUT2D eigenvalue weighted by atomic mass is 79.9. The third kappa shape index (κ3) is 1.29. The first kappa shape index (κ1) is 9.21. The summed E-state index contributed by atoms with van der Waals surface area (Å²) in [4.78, 5) is 11.4. The standard InChI is InChI=1S/C9H8BrN3O/c1-11-9(14)8-7-5(10)3-2-4-6(7)12-13-8/h2-4H,1H3,(H,11,14)(H,12,13). The molecule has 0 aliphatic rings. The average Bonchev–Trinajstić information content (AvgIpc) is 2.62. The monoisotopic (exact) mass is 253 g/mol. The molecule has 14 heavy (non-hydrogen) atoms. The summed E-state index contributed by atoms with van der Waals surface area (Å²) < 4.78 is 0.863. The molecule has 0 aliphatic carbocycles. The smallest absolute Gasteiger partial charge is 0.272 e. The number of fused-ring (bicyclic) bond motifs is 1. The molecule has 1 aromatic carbocycles. The number of nitrogens with one attached hydrogen (secondary N) is 2. The van der Waals surface area contributed by atoms with Crippen LogP contribution in [-0.2, 0) is 0 Å². The highest BCUT2D eigenvalue weighted by Crippen LogP contribution is 2.24. The predicted molar refractivity (Wildman–Crippen MR) is 57.2 cm³/mol. The van der Waals surface area contributed by atoms with Crippen LogP contribution in [0.3, 0.4) is 0 Å². The molecule has 2 rings (SSSR count). The fraction of sp³-hybridized carbons (Fsp3) is 0.111. The van der Waals surface area contributed by atoms with E-state index in [0.29, 0.717) is 5.69 Å². The van der Waals surface area contributed by atoms with E-state index in [-0.39, 0.29) is 5.91 Å². The lowest BCUT2D eigenvalue weighted by atomic mass is 10.2. The van der Waals surface area contributed by atoms with Gasteiger partial charge in [-0.1, -0.05) is 22.0 Å². The molecule has 1 aromatic heterocycles. The van der Waals surface area contributed by atoms with Crippen molar-refractivity contribution in [2.75, 3.05) is 7.05 Å². The van der Waals surface area contributed by atoms with Crippen molar-refractivity contribution < 1.29 is 4.79 Å². The molecule has 0 bridgehead atoms. The zero-order chi connectivity index (χ0) is 10.1. The Hall–Kier alpha value is -1.36. The van der Waals surface area contributed by atoms with Gasteiger partial charge in [-0.3, -0.25) is 9.89 Å². The Kier molecular flexibility index (Phi) is 2.25. The molecular weight excluding hydrogens is 246 g/mol. The molecule has 2 N–H and O–H groups in total. The van der Waals surface area contributed by atoms with Crippen molar-refractivity contribution in [3.8, 4) is 0 Å². The van der Waals surface area contributed by atoms with E-state index in [2.05, 4.69) is 31.4 Å². The second-order valence-corrected chi connectivity index (χ2v) is 3.67. The summed E-state index contributed by atoms with van der Waals surface area (Å²) in [5.74, 6) is -0.192. The van der Waals surface area contributed by atoms with Crippen molar-refractivity contribution in [2.24, 2.45) is 0 Å². The molecule has 5 heteroatoms. The molecule has 72 valence electrons. The van der Waals surface area contributed by atoms with Crippen molar-refractivity contribution in [3.05, 3.63) is 28.4 Å². The summed E-state index contributed by atoms with van der Waals surface area (Å²) in [5, 5.41) is 10.1. The van der Waals surface area contributed by atoms with Crippen LogP contribution < -0.4 is 5.32 Å². The third-order valence-corrected chi connectivity index (χ3v) is 2.64. The number of nitrogens with zero attached hydrogens (tertiary/aromatic N) is 1. The summed E-state index contributed by atoms with van der Waals surface area (Å²) in [6.45, 7) is 0. The summed E-state index contributed by atoms with van der Waals surface area (Å²) in [6.07, 6.45) is 0. The molecule has 0 saturated heterocycles. The lowest BCUT2D eigenvalue weighted by Gasteiger charge is -1.96. The summed E-state index contributed by atoms with van der Waals surface area (Å²) in [7, 11) is 1.58. The van der Waals surface area contributed by atoms with E-state index in [4.69, 9.17) is 0 Å². The molecule has 2 aromatic rings. The molecule has 0 spiro atoms. The van der Waals surface area contributed by atoms with Crippen molar-refractivity contribution >= 4 is 32.7 Å². The van der Waals surface area contributed by atoms with Crippen LogP contribution in [0.4, 0.5) is 0 Å². The van der Waals surface area contributed by atoms with Crippen molar-refractivity contribution in [2.45, 2.75) is 0 Å². The molecule has 4 nitrogen and oxygen atoms in total. The van der Waals surface area contributed by atoms with Gasteiger partial charge in [-0.25, -0.2) is 0 Å². The molecule has 0 radical (unpaired) electrons. The van der Waals surface area contributed by atoms with Gasteiger partial charge in [0.1, 0.15) is 0 Å². The van der Waals surface area contributed by atoms with Crippen molar-refractivity contribution in [1.29, 1.82) is 0 Å². The van der Waals surface area contributed by atoms with E-state index in [1.807, 2.05) is 18.2 Å². The molecule has 0 atom stereocenters. The maximum absolute atomic E-state index is 11.4. The molecular formula is C9H8BrN3O. The number of H-pyrrole nitrogens is 1. The van der Waals surface area contributed by atoms with E-state index in [0.717, 1.165) is 15.4 Å². The van der Waals surface area contributed by atoms with Crippen LogP contribution >= 0.6 is 15.9 Å². The minimum atomic E-state index is -0.192. The zero-order valence-corrected chi connectivity index (χ0v) is 9.05. The summed E-state index contributed by atoms with van der Waals surface area (Å²) >= 11 is 3.38. The van der Waals surface area contributed by atoms with Crippen molar-refractivity contribution in [1.82, 2.24) is 15.5 Å². The minimum Gasteiger partial charge on any atom is -0.354 e. The quantitative estimate of drug-likeness (QED) is 0.813. The Balaban J connectivity index is 2.73. The van der Waals surface area contributed by atoms with Gasteiger partial charge in [0.15, 0.2) is 5.69 Å². The van der Waals surface area contributed by atoms with E-state index in [1.54, 1.807) is 7.05 Å². The summed E-state index contributed by atoms with van der Waals surface area (Å²) in [5.41, 5.74) is 1.26. The second kappa shape index (κ2) is 3.42. The molecule has 1 amide bonds. The van der Waals surface area contributed by atoms with Gasteiger partial charge in [-0.2, -0.15) is 5.10 Å². The Labute approximate surface area is 88.8 Å². The minimum absolute atomic E-state index is 0.192. The number of amides is 1. The highest BCUT2D eigenvalue weighted by molar-refractivity contribution is 9.10. The number of aromatic nitrogens is 2. The topological polar surface area (TPSA) is 57.8 Å². The number of carbonyl (C=O) groups excluding carboxylic acids is 1. The first-order valence-electron chi connectivity index (χ1n) is 4.08. The Morgan fingerprint density at radius 2 is 2.36 bits per heavy atom. The Morgan fingerprint density at radius 1 is 1.57 bits per heavy atom. The van der Waals surface area contributed by atoms with Gasteiger partial charge < -0.3 is 5.32 Å². The fourth-order valence-corrected chi connectivity index (χ4v) is 1.87. The number of benzene rings is 1. The Bertz CT molecular complexity index is 492. The lowest BCUT2D eigenvalue weighted by Crippen LogP contribution is -2.18. The van der Waals surface area contributed by atoms with Gasteiger partial charge in [0.2, 0.25) is 0 Å². The van der Waals surface area contributed by atoms with E-state index < -0.39 is 0 Å². The first-order chi connectivity index (χ1) is 6.74. The molecule has 0 saturated carbocycles. The predicted octanol–water partition coefficient (Wildman–Crippen LogP) is 1.68. The van der Waals surface area contributed by atoms with E-state index in [1.165, 1.54) is 0 Å². The van der Waals surface area contributed by atoms with Crippen LogP contribution in [0.5, 0.6) is 0 Å². The third-order valence-electron chi connectivity index (χ3n) is 1.98. The number of rotatable bonds is 1. The number of hydrogen-bond donors (Lipinski definition) is 2. The lowest BCUT2D eigenvalue weighted by molar-refractivity contribution is 0.0959. The van der Waals surface area contributed by atoms with Gasteiger partial charge in [0.25, 0.3) is 5.91 Å². The Morgan fingerprint density at radius 3 is 3.07 bits per heavy atom. The number of halogens is 1.